The van der Waals surface area contributed by atoms with Crippen molar-refractivity contribution in [1.82, 2.24) is 9.97 Å². The van der Waals surface area contributed by atoms with Gasteiger partial charge in [0.15, 0.2) is 12.0 Å². The molecular weight excluding hydrogens is 222 g/mol. The van der Waals surface area contributed by atoms with Crippen molar-refractivity contribution < 1.29 is 4.42 Å². The fourth-order valence-corrected chi connectivity index (χ4v) is 2.24. The maximum absolute atomic E-state index is 5.53. The fraction of sp³-hybridized carbons (Fsp3) is 0.0909. The molecule has 0 fully saturated rings. The number of nitrogens with zero attached hydrogens (tertiary/aromatic N) is 2. The van der Waals surface area contributed by atoms with Gasteiger partial charge in [-0.25, -0.2) is 9.97 Å². The first-order chi connectivity index (χ1) is 7.86. The summed E-state index contributed by atoms with van der Waals surface area (Å²) in [5.74, 6) is 0. The predicted octanol–water partition coefficient (Wildman–Crippen LogP) is 2.41. The Balaban J connectivity index is 2.10. The number of rotatable bonds is 2. The summed E-state index contributed by atoms with van der Waals surface area (Å²) in [7, 11) is 0. The standard InChI is InChI=1S/C11H9N3OS/c12-4-11-14-9(5-16-11)7-1-2-8-10(3-7)15-6-13-8/h1-3,5-6H,4,12H2. The molecule has 0 saturated carbocycles. The van der Waals surface area contributed by atoms with Crippen LogP contribution in [0.2, 0.25) is 0 Å². The van der Waals surface area contributed by atoms with Crippen LogP contribution in [0, 0.1) is 0 Å². The normalized spacial score (nSPS) is 11.1. The Morgan fingerprint density at radius 1 is 1.38 bits per heavy atom. The lowest BCUT2D eigenvalue weighted by molar-refractivity contribution is 0.602. The van der Waals surface area contributed by atoms with E-state index in [1.807, 2.05) is 23.6 Å². The Labute approximate surface area is 95.7 Å². The first-order valence-electron chi connectivity index (χ1n) is 4.85. The van der Waals surface area contributed by atoms with E-state index in [1.54, 1.807) is 11.3 Å². The highest BCUT2D eigenvalue weighted by atomic mass is 32.1. The Morgan fingerprint density at radius 2 is 2.31 bits per heavy atom. The average molecular weight is 231 g/mol. The maximum Gasteiger partial charge on any atom is 0.181 e. The van der Waals surface area contributed by atoms with Crippen LogP contribution in [0.4, 0.5) is 0 Å². The van der Waals surface area contributed by atoms with Gasteiger partial charge in [0, 0.05) is 17.5 Å². The van der Waals surface area contributed by atoms with Crippen molar-refractivity contribution in [3.63, 3.8) is 0 Å². The zero-order valence-electron chi connectivity index (χ0n) is 8.38. The van der Waals surface area contributed by atoms with Crippen LogP contribution in [0.15, 0.2) is 34.4 Å². The molecule has 0 spiro atoms. The molecule has 80 valence electrons. The number of benzene rings is 1. The molecular formula is C11H9N3OS. The third-order valence-electron chi connectivity index (χ3n) is 2.35. The van der Waals surface area contributed by atoms with Gasteiger partial charge >= 0.3 is 0 Å². The highest BCUT2D eigenvalue weighted by Gasteiger charge is 2.06. The zero-order valence-corrected chi connectivity index (χ0v) is 9.20. The smallest absolute Gasteiger partial charge is 0.181 e. The van der Waals surface area contributed by atoms with Crippen LogP contribution in [-0.4, -0.2) is 9.97 Å². The number of fused-ring (bicyclic) bond motifs is 1. The summed E-state index contributed by atoms with van der Waals surface area (Å²) in [4.78, 5) is 8.49. The lowest BCUT2D eigenvalue weighted by atomic mass is 10.1. The quantitative estimate of drug-likeness (QED) is 0.735. The van der Waals surface area contributed by atoms with Gasteiger partial charge in [-0.15, -0.1) is 11.3 Å². The van der Waals surface area contributed by atoms with E-state index in [0.717, 1.165) is 27.4 Å². The molecule has 0 aliphatic rings. The molecule has 0 atom stereocenters. The largest absolute Gasteiger partial charge is 0.443 e. The molecule has 2 heterocycles. The molecule has 2 N–H and O–H groups in total. The van der Waals surface area contributed by atoms with Crippen LogP contribution >= 0.6 is 11.3 Å². The van der Waals surface area contributed by atoms with Gasteiger partial charge in [-0.3, -0.25) is 0 Å². The summed E-state index contributed by atoms with van der Waals surface area (Å²) in [6.07, 6.45) is 1.45. The van der Waals surface area contributed by atoms with Crippen molar-refractivity contribution in [3.05, 3.63) is 35.0 Å². The van der Waals surface area contributed by atoms with Gasteiger partial charge in [-0.05, 0) is 12.1 Å². The maximum atomic E-state index is 5.53. The van der Waals surface area contributed by atoms with Crippen molar-refractivity contribution in [3.8, 4) is 11.3 Å². The van der Waals surface area contributed by atoms with Crippen molar-refractivity contribution in [2.24, 2.45) is 5.73 Å². The second-order valence-corrected chi connectivity index (χ2v) is 4.31. The van der Waals surface area contributed by atoms with E-state index in [1.165, 1.54) is 6.39 Å². The van der Waals surface area contributed by atoms with Crippen molar-refractivity contribution in [2.45, 2.75) is 6.54 Å². The van der Waals surface area contributed by atoms with Crippen molar-refractivity contribution in [1.29, 1.82) is 0 Å². The number of hydrogen-bond donors (Lipinski definition) is 1. The van der Waals surface area contributed by atoms with Crippen LogP contribution in [0.3, 0.4) is 0 Å². The average Bonchev–Trinajstić information content (AvgIpc) is 2.96. The molecule has 0 bridgehead atoms. The third kappa shape index (κ3) is 1.50. The Bertz CT molecular complexity index is 629. The topological polar surface area (TPSA) is 64.9 Å². The zero-order chi connectivity index (χ0) is 11.0. The molecule has 16 heavy (non-hydrogen) atoms. The van der Waals surface area contributed by atoms with E-state index in [-0.39, 0.29) is 0 Å². The second-order valence-electron chi connectivity index (χ2n) is 3.37. The summed E-state index contributed by atoms with van der Waals surface area (Å²) < 4.78 is 5.25. The lowest BCUT2D eigenvalue weighted by Crippen LogP contribution is -1.94. The monoisotopic (exact) mass is 231 g/mol. The van der Waals surface area contributed by atoms with Crippen LogP contribution in [0.5, 0.6) is 0 Å². The number of oxazole rings is 1. The molecule has 0 aliphatic carbocycles. The Kier molecular flexibility index (Phi) is 2.19. The Hall–Kier alpha value is -1.72. The second kappa shape index (κ2) is 3.70. The molecule has 0 saturated heterocycles. The van der Waals surface area contributed by atoms with Crippen LogP contribution in [0.25, 0.3) is 22.4 Å². The van der Waals surface area contributed by atoms with Crippen molar-refractivity contribution in [2.75, 3.05) is 0 Å². The highest BCUT2D eigenvalue weighted by Crippen LogP contribution is 2.25. The number of nitrogens with two attached hydrogens (primary N) is 1. The summed E-state index contributed by atoms with van der Waals surface area (Å²) in [6.45, 7) is 0.481. The summed E-state index contributed by atoms with van der Waals surface area (Å²) in [5.41, 5.74) is 9.13. The van der Waals surface area contributed by atoms with Crippen molar-refractivity contribution >= 4 is 22.4 Å². The minimum Gasteiger partial charge on any atom is -0.443 e. The van der Waals surface area contributed by atoms with E-state index >= 15 is 0 Å². The molecule has 0 aliphatic heterocycles. The minimum atomic E-state index is 0.481. The van der Waals surface area contributed by atoms with Gasteiger partial charge in [0.05, 0.1) is 5.69 Å². The Morgan fingerprint density at radius 3 is 3.12 bits per heavy atom. The molecule has 1 aromatic carbocycles. The molecule has 0 unspecified atom stereocenters. The van der Waals surface area contributed by atoms with E-state index in [9.17, 15) is 0 Å². The molecule has 5 heteroatoms. The summed E-state index contributed by atoms with van der Waals surface area (Å²) in [6, 6.07) is 5.85. The molecule has 3 aromatic rings. The first kappa shape index (κ1) is 9.50. The lowest BCUT2D eigenvalue weighted by Gasteiger charge is -1.95. The minimum absolute atomic E-state index is 0.481. The van der Waals surface area contributed by atoms with Crippen LogP contribution < -0.4 is 5.73 Å². The van der Waals surface area contributed by atoms with Crippen LogP contribution in [0.1, 0.15) is 5.01 Å². The van der Waals surface area contributed by atoms with Gasteiger partial charge < -0.3 is 10.2 Å². The molecule has 0 radical (unpaired) electrons. The fourth-order valence-electron chi connectivity index (χ4n) is 1.55. The molecule has 3 rings (SSSR count). The molecule has 2 aromatic heterocycles. The van der Waals surface area contributed by atoms with Gasteiger partial charge in [-0.1, -0.05) is 6.07 Å². The SMILES string of the molecule is NCc1nc(-c2ccc3ncoc3c2)cs1. The van der Waals surface area contributed by atoms with E-state index in [2.05, 4.69) is 9.97 Å². The predicted molar refractivity (Wildman–Crippen MR) is 63.0 cm³/mol. The summed E-state index contributed by atoms with van der Waals surface area (Å²) in [5, 5.41) is 2.94. The first-order valence-corrected chi connectivity index (χ1v) is 5.73. The number of hydrogen-bond acceptors (Lipinski definition) is 5. The van der Waals surface area contributed by atoms with Gasteiger partial charge in [0.25, 0.3) is 0 Å². The summed E-state index contributed by atoms with van der Waals surface area (Å²) >= 11 is 1.57. The molecule has 4 nitrogen and oxygen atoms in total. The van der Waals surface area contributed by atoms with Crippen LogP contribution in [-0.2, 0) is 6.54 Å². The van der Waals surface area contributed by atoms with Gasteiger partial charge in [0.1, 0.15) is 10.5 Å². The highest BCUT2D eigenvalue weighted by molar-refractivity contribution is 7.09. The third-order valence-corrected chi connectivity index (χ3v) is 3.22. The number of aromatic nitrogens is 2. The van der Waals surface area contributed by atoms with Gasteiger partial charge in [0.2, 0.25) is 0 Å². The van der Waals surface area contributed by atoms with E-state index in [0.29, 0.717) is 6.54 Å². The number of thiazole rings is 1. The van der Waals surface area contributed by atoms with Gasteiger partial charge in [-0.2, -0.15) is 0 Å². The van der Waals surface area contributed by atoms with E-state index < -0.39 is 0 Å². The van der Waals surface area contributed by atoms with E-state index in [4.69, 9.17) is 10.2 Å². The molecule has 0 amide bonds.